The predicted molar refractivity (Wildman–Crippen MR) is 152 cm³/mol. The molecule has 35 heavy (non-hydrogen) atoms. The van der Waals surface area contributed by atoms with E-state index in [-0.39, 0.29) is 0 Å². The molecule has 2 heteroatoms. The number of benzene rings is 3. The second-order valence-electron chi connectivity index (χ2n) is 11.3. The Kier molecular flexibility index (Phi) is 6.51. The number of halogens is 1. The Morgan fingerprint density at radius 3 is 1.49 bits per heavy atom. The number of allylic oxidation sites excluding steroid dienone is 2. The number of ether oxygens (including phenoxy) is 1. The van der Waals surface area contributed by atoms with Crippen LogP contribution in [0.4, 0.5) is 0 Å². The lowest BCUT2D eigenvalue weighted by molar-refractivity contribution is -0.0646. The lowest BCUT2D eigenvalue weighted by Gasteiger charge is -2.57. The molecule has 0 unspecified atom stereocenters. The zero-order chi connectivity index (χ0) is 23.7. The maximum Gasteiger partial charge on any atom is 0.184 e. The smallest absolute Gasteiger partial charge is 0.184 e. The van der Waals surface area contributed by atoms with E-state index < -0.39 is 5.60 Å². The van der Waals surface area contributed by atoms with Crippen molar-refractivity contribution in [3.05, 3.63) is 120 Å². The van der Waals surface area contributed by atoms with Gasteiger partial charge in [-0.05, 0) is 67.8 Å². The number of alkyl halides is 1. The third-order valence-electron chi connectivity index (χ3n) is 8.84. The molecule has 0 aliphatic heterocycles. The summed E-state index contributed by atoms with van der Waals surface area (Å²) in [6.07, 6.45) is 12.1. The van der Waals surface area contributed by atoms with Gasteiger partial charge in [-0.3, -0.25) is 0 Å². The molecule has 4 saturated carbocycles. The molecule has 3 aromatic carbocycles. The second kappa shape index (κ2) is 9.76. The topological polar surface area (TPSA) is 9.23 Å². The van der Waals surface area contributed by atoms with E-state index in [2.05, 4.69) is 120 Å². The van der Waals surface area contributed by atoms with Crippen LogP contribution in [0.25, 0.3) is 0 Å². The van der Waals surface area contributed by atoms with Crippen LogP contribution in [0.1, 0.15) is 61.6 Å². The third kappa shape index (κ3) is 4.48. The quantitative estimate of drug-likeness (QED) is 0.113. The van der Waals surface area contributed by atoms with Crippen LogP contribution in [0.15, 0.2) is 103 Å². The fraction of sp³-hybridized carbons (Fsp3) is 0.394. The molecule has 0 heterocycles. The minimum atomic E-state index is -0.677. The SMILES string of the molecule is ICC=C(CC12CC3CC(CC(C3)C1)C2)OC(c1ccccc1)(c1ccccc1)c1ccccc1. The van der Waals surface area contributed by atoms with Crippen LogP contribution >= 0.6 is 22.6 Å². The van der Waals surface area contributed by atoms with Crippen molar-refractivity contribution in [2.45, 2.75) is 50.5 Å². The molecule has 0 N–H and O–H groups in total. The first kappa shape index (κ1) is 23.3. The van der Waals surface area contributed by atoms with E-state index >= 15 is 0 Å². The first-order valence-corrected chi connectivity index (χ1v) is 14.8. The summed E-state index contributed by atoms with van der Waals surface area (Å²) in [4.78, 5) is 0. The van der Waals surface area contributed by atoms with Gasteiger partial charge in [-0.25, -0.2) is 0 Å². The monoisotopic (exact) mass is 574 g/mol. The Balaban J connectivity index is 1.45. The summed E-state index contributed by atoms with van der Waals surface area (Å²) < 4.78 is 8.40. The van der Waals surface area contributed by atoms with Crippen LogP contribution in [0, 0.1) is 23.2 Å². The molecule has 4 bridgehead atoms. The largest absolute Gasteiger partial charge is 0.478 e. The summed E-state index contributed by atoms with van der Waals surface area (Å²) in [5.74, 6) is 4.02. The lowest BCUT2D eigenvalue weighted by atomic mass is 9.48. The molecule has 4 aliphatic rings. The summed E-state index contributed by atoms with van der Waals surface area (Å²) in [7, 11) is 0. The van der Waals surface area contributed by atoms with E-state index in [1.807, 2.05) is 0 Å². The predicted octanol–water partition coefficient (Wildman–Crippen LogP) is 8.92. The van der Waals surface area contributed by atoms with Gasteiger partial charge in [-0.15, -0.1) is 0 Å². The molecule has 3 aromatic rings. The molecule has 4 aliphatic carbocycles. The van der Waals surface area contributed by atoms with E-state index in [9.17, 15) is 0 Å². The number of hydrogen-bond acceptors (Lipinski definition) is 1. The number of hydrogen-bond donors (Lipinski definition) is 0. The molecule has 0 radical (unpaired) electrons. The van der Waals surface area contributed by atoms with Gasteiger partial charge in [0.05, 0.1) is 5.76 Å². The molecule has 0 aromatic heterocycles. The molecule has 0 amide bonds. The van der Waals surface area contributed by atoms with E-state index in [1.165, 1.54) is 61.0 Å². The highest BCUT2D eigenvalue weighted by molar-refractivity contribution is 14.1. The highest BCUT2D eigenvalue weighted by Crippen LogP contribution is 2.62. The zero-order valence-electron chi connectivity index (χ0n) is 20.4. The summed E-state index contributed by atoms with van der Waals surface area (Å²) in [5, 5.41) is 0. The Labute approximate surface area is 224 Å². The lowest BCUT2D eigenvalue weighted by Crippen LogP contribution is -2.46. The molecule has 0 spiro atoms. The molecular formula is C33H35IO. The van der Waals surface area contributed by atoms with Crippen LogP contribution in [-0.4, -0.2) is 4.43 Å². The Morgan fingerprint density at radius 1 is 0.714 bits per heavy atom. The van der Waals surface area contributed by atoms with Crippen LogP contribution in [-0.2, 0) is 10.3 Å². The van der Waals surface area contributed by atoms with Gasteiger partial charge in [-0.1, -0.05) is 114 Å². The highest BCUT2D eigenvalue weighted by atomic mass is 127. The van der Waals surface area contributed by atoms with Gasteiger partial charge in [0, 0.05) is 27.5 Å². The maximum absolute atomic E-state index is 7.43. The highest BCUT2D eigenvalue weighted by Gasteiger charge is 2.51. The number of rotatable bonds is 8. The van der Waals surface area contributed by atoms with Crippen LogP contribution < -0.4 is 0 Å². The van der Waals surface area contributed by atoms with Crippen LogP contribution in [0.2, 0.25) is 0 Å². The molecule has 4 fully saturated rings. The van der Waals surface area contributed by atoms with Crippen molar-refractivity contribution in [2.24, 2.45) is 23.2 Å². The van der Waals surface area contributed by atoms with Crippen LogP contribution in [0.5, 0.6) is 0 Å². The Morgan fingerprint density at radius 2 is 1.11 bits per heavy atom. The molecule has 180 valence electrons. The van der Waals surface area contributed by atoms with Crippen molar-refractivity contribution in [3.63, 3.8) is 0 Å². The third-order valence-corrected chi connectivity index (χ3v) is 9.28. The van der Waals surface area contributed by atoms with E-state index in [0.29, 0.717) is 5.41 Å². The first-order valence-electron chi connectivity index (χ1n) is 13.3. The van der Waals surface area contributed by atoms with Gasteiger partial charge >= 0.3 is 0 Å². The van der Waals surface area contributed by atoms with Gasteiger partial charge < -0.3 is 4.74 Å². The molecule has 7 rings (SSSR count). The summed E-state index contributed by atoms with van der Waals surface area (Å²) in [6.45, 7) is 0. The minimum absolute atomic E-state index is 0.433. The maximum atomic E-state index is 7.43. The van der Waals surface area contributed by atoms with Crippen LogP contribution in [0.3, 0.4) is 0 Å². The minimum Gasteiger partial charge on any atom is -0.478 e. The summed E-state index contributed by atoms with van der Waals surface area (Å²) >= 11 is 2.48. The van der Waals surface area contributed by atoms with Gasteiger partial charge in [0.25, 0.3) is 0 Å². The van der Waals surface area contributed by atoms with Crippen molar-refractivity contribution in [1.82, 2.24) is 0 Å². The second-order valence-corrected chi connectivity index (χ2v) is 12.2. The summed E-state index contributed by atoms with van der Waals surface area (Å²) in [6, 6.07) is 32.5. The zero-order valence-corrected chi connectivity index (χ0v) is 22.6. The van der Waals surface area contributed by atoms with Gasteiger partial charge in [0.1, 0.15) is 0 Å². The Hall–Kier alpha value is -2.07. The summed E-state index contributed by atoms with van der Waals surface area (Å²) in [5.41, 5.74) is 3.30. The molecule has 0 saturated heterocycles. The molecular weight excluding hydrogens is 539 g/mol. The normalized spacial score (nSPS) is 27.7. The molecule has 0 atom stereocenters. The standard InChI is InChI=1S/C33H35IO/c34-17-16-31(24-32-21-25-18-26(22-32)20-27(19-25)23-32)35-33(28-10-4-1-5-11-28,29-12-6-2-7-13-29)30-14-8-3-9-15-30/h1-16,25-27H,17-24H2. The van der Waals surface area contributed by atoms with Gasteiger partial charge in [0.15, 0.2) is 5.60 Å². The fourth-order valence-electron chi connectivity index (χ4n) is 8.00. The fourth-order valence-corrected chi connectivity index (χ4v) is 8.50. The van der Waals surface area contributed by atoms with E-state index in [1.54, 1.807) is 0 Å². The average Bonchev–Trinajstić information content (AvgIpc) is 2.88. The Bertz CT molecular complexity index is 1020. The average molecular weight is 575 g/mol. The van der Waals surface area contributed by atoms with Gasteiger partial charge in [-0.2, -0.15) is 0 Å². The van der Waals surface area contributed by atoms with Crippen molar-refractivity contribution >= 4 is 22.6 Å². The van der Waals surface area contributed by atoms with Crippen molar-refractivity contribution in [3.8, 4) is 0 Å². The van der Waals surface area contributed by atoms with Crippen molar-refractivity contribution in [2.75, 3.05) is 4.43 Å². The van der Waals surface area contributed by atoms with Crippen molar-refractivity contribution < 1.29 is 4.74 Å². The molecule has 1 nitrogen and oxygen atoms in total. The first-order chi connectivity index (χ1) is 17.2. The van der Waals surface area contributed by atoms with Crippen molar-refractivity contribution in [1.29, 1.82) is 0 Å². The van der Waals surface area contributed by atoms with E-state index in [4.69, 9.17) is 4.74 Å². The van der Waals surface area contributed by atoms with Gasteiger partial charge in [0.2, 0.25) is 0 Å². The van der Waals surface area contributed by atoms with E-state index in [0.717, 1.165) is 28.6 Å².